The Bertz CT molecular complexity index is 914. The summed E-state index contributed by atoms with van der Waals surface area (Å²) in [5.74, 6) is 2.60. The van der Waals surface area contributed by atoms with Crippen LogP contribution in [0.2, 0.25) is 0 Å². The second-order valence-corrected chi connectivity index (χ2v) is 6.46. The van der Waals surface area contributed by atoms with E-state index in [4.69, 9.17) is 14.2 Å². The molecule has 3 rings (SSSR count). The molecule has 1 N–H and O–H groups in total. The van der Waals surface area contributed by atoms with Crippen molar-refractivity contribution in [2.45, 2.75) is 13.8 Å². The molecule has 0 aliphatic heterocycles. The molecule has 5 heteroatoms. The molecule has 0 saturated carbocycles. The second-order valence-electron chi connectivity index (χ2n) is 6.46. The van der Waals surface area contributed by atoms with Gasteiger partial charge in [-0.25, -0.2) is 0 Å². The van der Waals surface area contributed by atoms with E-state index < -0.39 is 0 Å². The highest BCUT2D eigenvalue weighted by molar-refractivity contribution is 5.91. The number of benzene rings is 3. The predicted molar refractivity (Wildman–Crippen MR) is 110 cm³/mol. The van der Waals surface area contributed by atoms with Gasteiger partial charge in [-0.2, -0.15) is 0 Å². The molecule has 3 aromatic rings. The number of amides is 1. The number of anilines is 1. The number of methoxy groups -OCH3 is 1. The maximum Gasteiger partial charge on any atom is 0.262 e. The number of ether oxygens (including phenoxy) is 3. The van der Waals surface area contributed by atoms with E-state index in [0.29, 0.717) is 17.2 Å². The van der Waals surface area contributed by atoms with Crippen molar-refractivity contribution in [1.29, 1.82) is 0 Å². The minimum atomic E-state index is -0.235. The van der Waals surface area contributed by atoms with E-state index in [2.05, 4.69) is 11.4 Å². The third-order valence-corrected chi connectivity index (χ3v) is 4.00. The molecular formula is C23H23NO4. The van der Waals surface area contributed by atoms with E-state index in [1.807, 2.05) is 38.1 Å². The van der Waals surface area contributed by atoms with Gasteiger partial charge in [0.05, 0.1) is 7.11 Å². The Kier molecular flexibility index (Phi) is 6.17. The Morgan fingerprint density at radius 1 is 0.786 bits per heavy atom. The van der Waals surface area contributed by atoms with Gasteiger partial charge in [-0.3, -0.25) is 4.79 Å². The Labute approximate surface area is 164 Å². The molecule has 0 bridgehead atoms. The molecule has 0 heterocycles. The average Bonchev–Trinajstić information content (AvgIpc) is 2.67. The number of hydrogen-bond acceptors (Lipinski definition) is 4. The lowest BCUT2D eigenvalue weighted by atomic mass is 10.1. The fourth-order valence-electron chi connectivity index (χ4n) is 2.75. The summed E-state index contributed by atoms with van der Waals surface area (Å²) in [6.07, 6.45) is 0. The van der Waals surface area contributed by atoms with E-state index >= 15 is 0 Å². The summed E-state index contributed by atoms with van der Waals surface area (Å²) < 4.78 is 16.5. The Morgan fingerprint density at radius 3 is 1.96 bits per heavy atom. The van der Waals surface area contributed by atoms with Gasteiger partial charge in [-0.15, -0.1) is 0 Å². The van der Waals surface area contributed by atoms with Crippen molar-refractivity contribution in [3.05, 3.63) is 77.9 Å². The number of rotatable bonds is 7. The number of hydrogen-bond donors (Lipinski definition) is 1. The zero-order chi connectivity index (χ0) is 19.9. The molecule has 0 saturated heterocycles. The second kappa shape index (κ2) is 8.95. The van der Waals surface area contributed by atoms with Gasteiger partial charge in [0.25, 0.3) is 5.91 Å². The Morgan fingerprint density at radius 2 is 1.36 bits per heavy atom. The molecule has 0 aliphatic carbocycles. The highest BCUT2D eigenvalue weighted by atomic mass is 16.5. The van der Waals surface area contributed by atoms with Crippen LogP contribution in [-0.4, -0.2) is 19.6 Å². The molecule has 144 valence electrons. The summed E-state index contributed by atoms with van der Waals surface area (Å²) in [5.41, 5.74) is 2.99. The molecule has 1 amide bonds. The highest BCUT2D eigenvalue weighted by Gasteiger charge is 2.05. The SMILES string of the molecule is COc1ccc(NC(=O)COc2ccc(Oc3cc(C)cc(C)c3)cc2)cc1. The largest absolute Gasteiger partial charge is 0.497 e. The number of carbonyl (C=O) groups is 1. The Hall–Kier alpha value is -3.47. The lowest BCUT2D eigenvalue weighted by Crippen LogP contribution is -2.20. The van der Waals surface area contributed by atoms with Crippen LogP contribution >= 0.6 is 0 Å². The molecule has 0 atom stereocenters. The number of carbonyl (C=O) groups excluding carboxylic acids is 1. The van der Waals surface area contributed by atoms with Crippen LogP contribution in [0.3, 0.4) is 0 Å². The molecule has 28 heavy (non-hydrogen) atoms. The van der Waals surface area contributed by atoms with Crippen LogP contribution in [0.5, 0.6) is 23.0 Å². The first kappa shape index (κ1) is 19.3. The first-order chi connectivity index (χ1) is 13.5. The fraction of sp³-hybridized carbons (Fsp3) is 0.174. The minimum absolute atomic E-state index is 0.0801. The Balaban J connectivity index is 1.51. The van der Waals surface area contributed by atoms with Gasteiger partial charge < -0.3 is 19.5 Å². The maximum atomic E-state index is 12.0. The first-order valence-corrected chi connectivity index (χ1v) is 8.95. The van der Waals surface area contributed by atoms with E-state index in [-0.39, 0.29) is 12.5 Å². The van der Waals surface area contributed by atoms with Crippen LogP contribution in [0.25, 0.3) is 0 Å². The van der Waals surface area contributed by atoms with Crippen molar-refractivity contribution in [3.8, 4) is 23.0 Å². The number of nitrogens with one attached hydrogen (secondary N) is 1. The van der Waals surface area contributed by atoms with Crippen molar-refractivity contribution in [1.82, 2.24) is 0 Å². The maximum absolute atomic E-state index is 12.0. The summed E-state index contributed by atoms with van der Waals surface area (Å²) in [6, 6.07) is 20.4. The molecule has 0 unspecified atom stereocenters. The van der Waals surface area contributed by atoms with Crippen LogP contribution in [0.15, 0.2) is 66.7 Å². The zero-order valence-electron chi connectivity index (χ0n) is 16.2. The lowest BCUT2D eigenvalue weighted by molar-refractivity contribution is -0.118. The van der Waals surface area contributed by atoms with E-state index in [0.717, 1.165) is 22.6 Å². The number of aryl methyl sites for hydroxylation is 2. The van der Waals surface area contributed by atoms with Gasteiger partial charge >= 0.3 is 0 Å². The van der Waals surface area contributed by atoms with Crippen molar-refractivity contribution in [2.75, 3.05) is 19.0 Å². The van der Waals surface area contributed by atoms with E-state index in [1.54, 1.807) is 43.5 Å². The average molecular weight is 377 g/mol. The third-order valence-electron chi connectivity index (χ3n) is 4.00. The molecule has 5 nitrogen and oxygen atoms in total. The smallest absolute Gasteiger partial charge is 0.262 e. The van der Waals surface area contributed by atoms with Gasteiger partial charge in [0.2, 0.25) is 0 Å². The normalized spacial score (nSPS) is 10.2. The van der Waals surface area contributed by atoms with Crippen LogP contribution in [-0.2, 0) is 4.79 Å². The monoisotopic (exact) mass is 377 g/mol. The van der Waals surface area contributed by atoms with Crippen molar-refractivity contribution >= 4 is 11.6 Å². The van der Waals surface area contributed by atoms with Crippen LogP contribution < -0.4 is 19.5 Å². The molecular weight excluding hydrogens is 354 g/mol. The van der Waals surface area contributed by atoms with Crippen molar-refractivity contribution in [3.63, 3.8) is 0 Å². The molecule has 0 aliphatic rings. The first-order valence-electron chi connectivity index (χ1n) is 8.95. The van der Waals surface area contributed by atoms with Gasteiger partial charge in [0, 0.05) is 5.69 Å². The van der Waals surface area contributed by atoms with Gasteiger partial charge in [0.1, 0.15) is 23.0 Å². The summed E-state index contributed by atoms with van der Waals surface area (Å²) >= 11 is 0. The quantitative estimate of drug-likeness (QED) is 0.621. The minimum Gasteiger partial charge on any atom is -0.497 e. The lowest BCUT2D eigenvalue weighted by Gasteiger charge is -2.10. The summed E-state index contributed by atoms with van der Waals surface area (Å²) in [6.45, 7) is 3.99. The van der Waals surface area contributed by atoms with Gasteiger partial charge in [-0.05, 0) is 85.6 Å². The van der Waals surface area contributed by atoms with E-state index in [9.17, 15) is 4.79 Å². The van der Waals surface area contributed by atoms with Crippen LogP contribution in [0.1, 0.15) is 11.1 Å². The molecule has 0 aromatic heterocycles. The van der Waals surface area contributed by atoms with Gasteiger partial charge in [-0.1, -0.05) is 6.07 Å². The van der Waals surface area contributed by atoms with Gasteiger partial charge in [0.15, 0.2) is 6.61 Å². The zero-order valence-corrected chi connectivity index (χ0v) is 16.2. The molecule has 3 aromatic carbocycles. The third kappa shape index (κ3) is 5.51. The molecule has 0 radical (unpaired) electrons. The van der Waals surface area contributed by atoms with Crippen LogP contribution in [0.4, 0.5) is 5.69 Å². The summed E-state index contributed by atoms with van der Waals surface area (Å²) in [5, 5.41) is 2.77. The molecule has 0 spiro atoms. The van der Waals surface area contributed by atoms with Crippen molar-refractivity contribution < 1.29 is 19.0 Å². The molecule has 0 fully saturated rings. The fourth-order valence-corrected chi connectivity index (χ4v) is 2.75. The van der Waals surface area contributed by atoms with Crippen molar-refractivity contribution in [2.24, 2.45) is 0 Å². The van der Waals surface area contributed by atoms with Crippen LogP contribution in [0, 0.1) is 13.8 Å². The topological polar surface area (TPSA) is 56.8 Å². The van der Waals surface area contributed by atoms with E-state index in [1.165, 1.54) is 0 Å². The standard InChI is InChI=1S/C23H23NO4/c1-16-12-17(2)14-22(13-16)28-21-10-8-20(9-11-21)27-15-23(25)24-18-4-6-19(26-3)7-5-18/h4-14H,15H2,1-3H3,(H,24,25). The summed E-state index contributed by atoms with van der Waals surface area (Å²) in [4.78, 5) is 12.0. The summed E-state index contributed by atoms with van der Waals surface area (Å²) in [7, 11) is 1.60. The predicted octanol–water partition coefficient (Wildman–Crippen LogP) is 5.12. The highest BCUT2D eigenvalue weighted by Crippen LogP contribution is 2.25.